The van der Waals surface area contributed by atoms with E-state index in [4.69, 9.17) is 4.74 Å². The Morgan fingerprint density at radius 1 is 0.935 bits per heavy atom. The van der Waals surface area contributed by atoms with Gasteiger partial charge in [-0.1, -0.05) is 48.9 Å². The van der Waals surface area contributed by atoms with E-state index in [1.165, 1.54) is 7.11 Å². The zero-order valence-electron chi connectivity index (χ0n) is 17.8. The Hall–Kier alpha value is -3.32. The van der Waals surface area contributed by atoms with Crippen molar-refractivity contribution in [2.75, 3.05) is 24.3 Å². The summed E-state index contributed by atoms with van der Waals surface area (Å²) < 4.78 is 32.0. The molecule has 0 saturated carbocycles. The van der Waals surface area contributed by atoms with E-state index in [0.29, 0.717) is 5.69 Å². The zero-order chi connectivity index (χ0) is 22.4. The SMILES string of the molecule is CCc1ccccc1NC(=O)CNc1cccc(OC)c1S(=O)(=O)c1ccc(C)cc1. The minimum Gasteiger partial charge on any atom is -0.495 e. The van der Waals surface area contributed by atoms with Gasteiger partial charge in [-0.2, -0.15) is 0 Å². The van der Waals surface area contributed by atoms with E-state index in [1.54, 1.807) is 42.5 Å². The molecule has 0 aliphatic rings. The minimum atomic E-state index is -3.87. The lowest BCUT2D eigenvalue weighted by Gasteiger charge is -2.16. The highest BCUT2D eigenvalue weighted by Gasteiger charge is 2.26. The Labute approximate surface area is 183 Å². The fourth-order valence-electron chi connectivity index (χ4n) is 3.25. The summed E-state index contributed by atoms with van der Waals surface area (Å²) in [5.41, 5.74) is 3.04. The highest BCUT2D eigenvalue weighted by atomic mass is 32.2. The van der Waals surface area contributed by atoms with Gasteiger partial charge < -0.3 is 15.4 Å². The summed E-state index contributed by atoms with van der Waals surface area (Å²) in [5.74, 6) is -0.0651. The summed E-state index contributed by atoms with van der Waals surface area (Å²) >= 11 is 0. The van der Waals surface area contributed by atoms with Gasteiger partial charge in [0, 0.05) is 5.69 Å². The Kier molecular flexibility index (Phi) is 6.97. The lowest BCUT2D eigenvalue weighted by Crippen LogP contribution is -2.23. The molecule has 0 bridgehead atoms. The second-order valence-electron chi connectivity index (χ2n) is 7.07. The molecular weight excluding hydrogens is 412 g/mol. The van der Waals surface area contributed by atoms with Crippen LogP contribution in [0.4, 0.5) is 11.4 Å². The van der Waals surface area contributed by atoms with Gasteiger partial charge in [0.05, 0.1) is 24.2 Å². The predicted octanol–water partition coefficient (Wildman–Crippen LogP) is 4.45. The summed E-state index contributed by atoms with van der Waals surface area (Å²) in [5, 5.41) is 5.84. The zero-order valence-corrected chi connectivity index (χ0v) is 18.6. The Morgan fingerprint density at radius 2 is 1.61 bits per heavy atom. The van der Waals surface area contributed by atoms with Crippen molar-refractivity contribution in [1.82, 2.24) is 0 Å². The van der Waals surface area contributed by atoms with E-state index in [9.17, 15) is 13.2 Å². The summed E-state index contributed by atoms with van der Waals surface area (Å²) in [6.07, 6.45) is 0.790. The molecule has 0 atom stereocenters. The van der Waals surface area contributed by atoms with Crippen LogP contribution in [0, 0.1) is 6.92 Å². The third-order valence-electron chi connectivity index (χ3n) is 4.91. The van der Waals surface area contributed by atoms with Crippen molar-refractivity contribution in [3.05, 3.63) is 77.9 Å². The van der Waals surface area contributed by atoms with Gasteiger partial charge in [-0.15, -0.1) is 0 Å². The number of carbonyl (C=O) groups is 1. The fraction of sp³-hybridized carbons (Fsp3) is 0.208. The van der Waals surface area contributed by atoms with E-state index in [2.05, 4.69) is 10.6 Å². The van der Waals surface area contributed by atoms with Gasteiger partial charge in [-0.25, -0.2) is 8.42 Å². The Bertz CT molecular complexity index is 1170. The number of sulfone groups is 1. The summed E-state index contributed by atoms with van der Waals surface area (Å²) in [7, 11) is -2.45. The van der Waals surface area contributed by atoms with Crippen LogP contribution < -0.4 is 15.4 Å². The van der Waals surface area contributed by atoms with E-state index < -0.39 is 9.84 Å². The van der Waals surface area contributed by atoms with E-state index in [0.717, 1.165) is 23.2 Å². The number of amides is 1. The van der Waals surface area contributed by atoms with Crippen molar-refractivity contribution in [3.8, 4) is 5.75 Å². The molecule has 3 aromatic carbocycles. The van der Waals surface area contributed by atoms with Crippen molar-refractivity contribution < 1.29 is 17.9 Å². The molecule has 1 amide bonds. The fourth-order valence-corrected chi connectivity index (χ4v) is 4.82. The van der Waals surface area contributed by atoms with E-state index in [1.807, 2.05) is 38.1 Å². The van der Waals surface area contributed by atoms with Crippen molar-refractivity contribution in [2.45, 2.75) is 30.1 Å². The van der Waals surface area contributed by atoms with Crippen LogP contribution in [0.1, 0.15) is 18.1 Å². The molecular formula is C24H26N2O4S. The standard InChI is InChI=1S/C24H26N2O4S/c1-4-18-8-5-6-9-20(18)26-23(27)16-25-21-10-7-11-22(30-3)24(21)31(28,29)19-14-12-17(2)13-15-19/h5-15,25H,4,16H2,1-3H3,(H,26,27). The van der Waals surface area contributed by atoms with Gasteiger partial charge >= 0.3 is 0 Å². The lowest BCUT2D eigenvalue weighted by atomic mass is 10.1. The van der Waals surface area contributed by atoms with Gasteiger partial charge in [0.2, 0.25) is 15.7 Å². The quantitative estimate of drug-likeness (QED) is 0.543. The molecule has 3 aromatic rings. The van der Waals surface area contributed by atoms with Crippen LogP contribution in [0.5, 0.6) is 5.75 Å². The number of aryl methyl sites for hydroxylation is 2. The minimum absolute atomic E-state index is 0.00288. The molecule has 0 heterocycles. The molecule has 31 heavy (non-hydrogen) atoms. The highest BCUT2D eigenvalue weighted by Crippen LogP contribution is 2.35. The number of hydrogen-bond donors (Lipinski definition) is 2. The first kappa shape index (κ1) is 22.4. The van der Waals surface area contributed by atoms with Crippen LogP contribution in [-0.4, -0.2) is 28.0 Å². The molecule has 3 rings (SSSR count). The third-order valence-corrected chi connectivity index (χ3v) is 6.76. The molecule has 0 aromatic heterocycles. The van der Waals surface area contributed by atoms with Crippen LogP contribution in [-0.2, 0) is 21.1 Å². The second-order valence-corrected chi connectivity index (χ2v) is 8.95. The molecule has 0 fully saturated rings. The van der Waals surface area contributed by atoms with Crippen LogP contribution >= 0.6 is 0 Å². The van der Waals surface area contributed by atoms with Gasteiger partial charge in [0.25, 0.3) is 0 Å². The van der Waals surface area contributed by atoms with Gasteiger partial charge in [-0.05, 0) is 49.2 Å². The Balaban J connectivity index is 1.87. The van der Waals surface area contributed by atoms with Gasteiger partial charge in [0.1, 0.15) is 10.6 Å². The molecule has 6 nitrogen and oxygen atoms in total. The van der Waals surface area contributed by atoms with Crippen LogP contribution in [0.25, 0.3) is 0 Å². The molecule has 0 aliphatic carbocycles. The number of para-hydroxylation sites is 1. The first-order chi connectivity index (χ1) is 14.9. The maximum atomic E-state index is 13.3. The summed E-state index contributed by atoms with van der Waals surface area (Å²) in [6, 6.07) is 19.1. The summed E-state index contributed by atoms with van der Waals surface area (Å²) in [6.45, 7) is 3.81. The number of carbonyl (C=O) groups excluding carboxylic acids is 1. The molecule has 0 aliphatic heterocycles. The first-order valence-electron chi connectivity index (χ1n) is 9.97. The maximum Gasteiger partial charge on any atom is 0.243 e. The molecule has 0 radical (unpaired) electrons. The van der Waals surface area contributed by atoms with E-state index in [-0.39, 0.29) is 28.0 Å². The molecule has 7 heteroatoms. The monoisotopic (exact) mass is 438 g/mol. The van der Waals surface area contributed by atoms with Crippen molar-refractivity contribution in [3.63, 3.8) is 0 Å². The average Bonchev–Trinajstić information content (AvgIpc) is 2.78. The second kappa shape index (κ2) is 9.66. The predicted molar refractivity (Wildman–Crippen MR) is 123 cm³/mol. The Morgan fingerprint density at radius 3 is 2.29 bits per heavy atom. The number of hydrogen-bond acceptors (Lipinski definition) is 5. The topological polar surface area (TPSA) is 84.5 Å². The lowest BCUT2D eigenvalue weighted by molar-refractivity contribution is -0.114. The number of anilines is 2. The average molecular weight is 439 g/mol. The molecule has 0 unspecified atom stereocenters. The maximum absolute atomic E-state index is 13.3. The smallest absolute Gasteiger partial charge is 0.243 e. The third kappa shape index (κ3) is 5.06. The normalized spacial score (nSPS) is 11.1. The number of benzene rings is 3. The van der Waals surface area contributed by atoms with Gasteiger partial charge in [0.15, 0.2) is 0 Å². The van der Waals surface area contributed by atoms with Gasteiger partial charge in [-0.3, -0.25) is 4.79 Å². The van der Waals surface area contributed by atoms with Crippen molar-refractivity contribution >= 4 is 27.1 Å². The van der Waals surface area contributed by atoms with Crippen molar-refractivity contribution in [1.29, 1.82) is 0 Å². The number of ether oxygens (including phenoxy) is 1. The van der Waals surface area contributed by atoms with Crippen molar-refractivity contribution in [2.24, 2.45) is 0 Å². The number of rotatable bonds is 8. The molecule has 2 N–H and O–H groups in total. The van der Waals surface area contributed by atoms with Crippen LogP contribution in [0.2, 0.25) is 0 Å². The molecule has 0 spiro atoms. The first-order valence-corrected chi connectivity index (χ1v) is 11.5. The molecule has 0 saturated heterocycles. The highest BCUT2D eigenvalue weighted by molar-refractivity contribution is 7.91. The van der Waals surface area contributed by atoms with Crippen LogP contribution in [0.15, 0.2) is 76.5 Å². The number of methoxy groups -OCH3 is 1. The van der Waals surface area contributed by atoms with Crippen LogP contribution in [0.3, 0.4) is 0 Å². The van der Waals surface area contributed by atoms with E-state index >= 15 is 0 Å². The summed E-state index contributed by atoms with van der Waals surface area (Å²) in [4.78, 5) is 12.7. The number of nitrogens with one attached hydrogen (secondary N) is 2. The molecule has 162 valence electrons. The largest absolute Gasteiger partial charge is 0.495 e.